The van der Waals surface area contributed by atoms with Crippen molar-refractivity contribution in [2.75, 3.05) is 29.9 Å². The second-order valence-electron chi connectivity index (χ2n) is 6.41. The van der Waals surface area contributed by atoms with Gasteiger partial charge in [-0.05, 0) is 18.2 Å². The summed E-state index contributed by atoms with van der Waals surface area (Å²) in [6, 6.07) is 10.6. The van der Waals surface area contributed by atoms with Crippen molar-refractivity contribution in [3.05, 3.63) is 53.7 Å². The minimum absolute atomic E-state index is 0.0354. The number of carbonyl (C=O) groups excluding carboxylic acids is 3. The molecular formula is C19H18N4O4. The highest BCUT2D eigenvalue weighted by molar-refractivity contribution is 5.96. The molecule has 2 aliphatic heterocycles. The van der Waals surface area contributed by atoms with Crippen molar-refractivity contribution in [3.8, 4) is 0 Å². The molecule has 1 aromatic heterocycles. The van der Waals surface area contributed by atoms with Crippen molar-refractivity contribution in [1.29, 1.82) is 0 Å². The highest BCUT2D eigenvalue weighted by Crippen LogP contribution is 2.32. The van der Waals surface area contributed by atoms with E-state index >= 15 is 0 Å². The topological polar surface area (TPSA) is 101 Å². The van der Waals surface area contributed by atoms with E-state index in [2.05, 4.69) is 15.6 Å². The Morgan fingerprint density at radius 1 is 1.26 bits per heavy atom. The number of cyclic esters (lactones) is 1. The molecule has 0 unspecified atom stereocenters. The number of nitrogens with zero attached hydrogens (tertiary/aromatic N) is 2. The van der Waals surface area contributed by atoms with Gasteiger partial charge in [-0.15, -0.1) is 0 Å². The van der Waals surface area contributed by atoms with Crippen LogP contribution in [0.1, 0.15) is 28.4 Å². The molecule has 0 spiro atoms. The summed E-state index contributed by atoms with van der Waals surface area (Å²) >= 11 is 0. The number of esters is 1. The predicted molar refractivity (Wildman–Crippen MR) is 97.3 cm³/mol. The molecule has 3 heterocycles. The third kappa shape index (κ3) is 3.59. The monoisotopic (exact) mass is 366 g/mol. The molecule has 1 saturated heterocycles. The van der Waals surface area contributed by atoms with E-state index in [1.165, 1.54) is 0 Å². The first-order valence-corrected chi connectivity index (χ1v) is 8.67. The summed E-state index contributed by atoms with van der Waals surface area (Å²) in [5.74, 6) is -0.0234. The Morgan fingerprint density at radius 2 is 2.11 bits per heavy atom. The average Bonchev–Trinajstić information content (AvgIpc) is 2.98. The smallest absolute Gasteiger partial charge is 0.339 e. The van der Waals surface area contributed by atoms with Gasteiger partial charge in [0.15, 0.2) is 0 Å². The lowest BCUT2D eigenvalue weighted by Crippen LogP contribution is -2.48. The number of ether oxygens (including phenoxy) is 1. The molecule has 2 aromatic rings. The molecule has 8 nitrogen and oxygen atoms in total. The van der Waals surface area contributed by atoms with E-state index in [0.717, 1.165) is 5.56 Å². The molecule has 4 rings (SSSR count). The van der Waals surface area contributed by atoms with E-state index in [1.54, 1.807) is 36.5 Å². The van der Waals surface area contributed by atoms with Crippen LogP contribution in [0.15, 0.2) is 42.6 Å². The van der Waals surface area contributed by atoms with E-state index in [0.29, 0.717) is 30.2 Å². The number of aromatic nitrogens is 1. The number of benzene rings is 1. The normalized spacial score (nSPS) is 18.5. The van der Waals surface area contributed by atoms with Gasteiger partial charge >= 0.3 is 5.97 Å². The van der Waals surface area contributed by atoms with Crippen molar-refractivity contribution < 1.29 is 19.1 Å². The van der Waals surface area contributed by atoms with Gasteiger partial charge in [-0.3, -0.25) is 9.59 Å². The fourth-order valence-corrected chi connectivity index (χ4v) is 3.23. The minimum Gasteiger partial charge on any atom is -0.453 e. The molecule has 1 atom stereocenters. The van der Waals surface area contributed by atoms with Crippen molar-refractivity contribution in [1.82, 2.24) is 10.3 Å². The van der Waals surface area contributed by atoms with Crippen molar-refractivity contribution in [2.45, 2.75) is 12.5 Å². The van der Waals surface area contributed by atoms with Gasteiger partial charge in [0.25, 0.3) is 0 Å². The zero-order chi connectivity index (χ0) is 18.8. The quantitative estimate of drug-likeness (QED) is 0.790. The summed E-state index contributed by atoms with van der Waals surface area (Å²) in [4.78, 5) is 41.8. The molecule has 0 radical (unpaired) electrons. The summed E-state index contributed by atoms with van der Waals surface area (Å²) in [5.41, 5.74) is 1.78. The summed E-state index contributed by atoms with van der Waals surface area (Å²) in [6.07, 6.45) is 1.01. The number of rotatable bonds is 4. The Labute approximate surface area is 155 Å². The van der Waals surface area contributed by atoms with Crippen LogP contribution < -0.4 is 15.5 Å². The third-order valence-corrected chi connectivity index (χ3v) is 4.54. The van der Waals surface area contributed by atoms with Crippen LogP contribution in [0, 0.1) is 0 Å². The number of amides is 2. The molecule has 1 aromatic carbocycles. The molecule has 27 heavy (non-hydrogen) atoms. The molecule has 138 valence electrons. The zero-order valence-electron chi connectivity index (χ0n) is 14.5. The molecule has 0 aliphatic carbocycles. The molecule has 0 bridgehead atoms. The molecule has 8 heteroatoms. The SMILES string of the molecule is O=C1CN(c2ccc(NC(=O)C[C@@H]3OC(=O)c4ccccc43)cn2)CCN1. The van der Waals surface area contributed by atoms with Gasteiger partial charge in [0, 0.05) is 18.7 Å². The molecule has 2 aliphatic rings. The lowest BCUT2D eigenvalue weighted by atomic mass is 10.0. The van der Waals surface area contributed by atoms with Crippen LogP contribution in [0.5, 0.6) is 0 Å². The molecule has 1 fully saturated rings. The van der Waals surface area contributed by atoms with Crippen LogP contribution in [-0.2, 0) is 14.3 Å². The first kappa shape index (κ1) is 17.0. The van der Waals surface area contributed by atoms with Gasteiger partial charge in [0.1, 0.15) is 11.9 Å². The van der Waals surface area contributed by atoms with Gasteiger partial charge < -0.3 is 20.3 Å². The van der Waals surface area contributed by atoms with Gasteiger partial charge in [0.2, 0.25) is 11.8 Å². The van der Waals surface area contributed by atoms with E-state index in [4.69, 9.17) is 4.74 Å². The number of pyridine rings is 1. The average molecular weight is 366 g/mol. The second-order valence-corrected chi connectivity index (χ2v) is 6.41. The third-order valence-electron chi connectivity index (χ3n) is 4.54. The van der Waals surface area contributed by atoms with E-state index in [9.17, 15) is 14.4 Å². The Morgan fingerprint density at radius 3 is 2.89 bits per heavy atom. The molecule has 2 amide bonds. The number of anilines is 2. The highest BCUT2D eigenvalue weighted by atomic mass is 16.5. The van der Waals surface area contributed by atoms with E-state index in [-0.39, 0.29) is 24.8 Å². The van der Waals surface area contributed by atoms with Crippen molar-refractivity contribution in [3.63, 3.8) is 0 Å². The first-order chi connectivity index (χ1) is 13.1. The number of hydrogen-bond acceptors (Lipinski definition) is 6. The summed E-state index contributed by atoms with van der Waals surface area (Å²) in [6.45, 7) is 1.54. The van der Waals surface area contributed by atoms with Gasteiger partial charge in [-0.25, -0.2) is 9.78 Å². The van der Waals surface area contributed by atoms with Crippen LogP contribution in [0.25, 0.3) is 0 Å². The standard InChI is InChI=1S/C19H18N4O4/c24-17(9-15-13-3-1-2-4-14(13)19(26)27-15)22-12-5-6-16(21-10-12)23-8-7-20-18(25)11-23/h1-6,10,15H,7-9,11H2,(H,20,25)(H,22,24)/t15-/m0/s1. The van der Waals surface area contributed by atoms with Crippen molar-refractivity contribution >= 4 is 29.3 Å². The van der Waals surface area contributed by atoms with E-state index < -0.39 is 12.1 Å². The maximum atomic E-state index is 12.3. The summed E-state index contributed by atoms with van der Waals surface area (Å²) in [5, 5.41) is 5.53. The maximum absolute atomic E-state index is 12.3. The number of fused-ring (bicyclic) bond motifs is 1. The van der Waals surface area contributed by atoms with E-state index in [1.807, 2.05) is 11.0 Å². The van der Waals surface area contributed by atoms with Crippen molar-refractivity contribution in [2.24, 2.45) is 0 Å². The molecule has 2 N–H and O–H groups in total. The zero-order valence-corrected chi connectivity index (χ0v) is 14.5. The molecular weight excluding hydrogens is 348 g/mol. The fraction of sp³-hybridized carbons (Fsp3) is 0.263. The second kappa shape index (κ2) is 7.06. The fourth-order valence-electron chi connectivity index (χ4n) is 3.23. The van der Waals surface area contributed by atoms with Crippen LogP contribution in [0.2, 0.25) is 0 Å². The largest absolute Gasteiger partial charge is 0.453 e. The van der Waals surface area contributed by atoms with Crippen LogP contribution in [-0.4, -0.2) is 42.4 Å². The summed E-state index contributed by atoms with van der Waals surface area (Å²) in [7, 11) is 0. The van der Waals surface area contributed by atoms with Gasteiger partial charge in [-0.2, -0.15) is 0 Å². The van der Waals surface area contributed by atoms with Gasteiger partial charge in [-0.1, -0.05) is 18.2 Å². The lowest BCUT2D eigenvalue weighted by Gasteiger charge is -2.27. The summed E-state index contributed by atoms with van der Waals surface area (Å²) < 4.78 is 5.29. The number of hydrogen-bond donors (Lipinski definition) is 2. The minimum atomic E-state index is -0.576. The van der Waals surface area contributed by atoms with Gasteiger partial charge in [0.05, 0.1) is 30.4 Å². The number of piperazine rings is 1. The lowest BCUT2D eigenvalue weighted by molar-refractivity contribution is -0.120. The predicted octanol–water partition coefficient (Wildman–Crippen LogP) is 1.26. The maximum Gasteiger partial charge on any atom is 0.339 e. The Bertz CT molecular complexity index is 897. The Kier molecular flexibility index (Phi) is 4.45. The van der Waals surface area contributed by atoms with Crippen LogP contribution in [0.4, 0.5) is 11.5 Å². The molecule has 0 saturated carbocycles. The Hall–Kier alpha value is -3.42. The first-order valence-electron chi connectivity index (χ1n) is 8.67. The number of carbonyl (C=O) groups is 3. The van der Waals surface area contributed by atoms with Crippen LogP contribution >= 0.6 is 0 Å². The number of nitrogens with one attached hydrogen (secondary N) is 2. The van der Waals surface area contributed by atoms with Crippen LogP contribution in [0.3, 0.4) is 0 Å². The highest BCUT2D eigenvalue weighted by Gasteiger charge is 2.32. The Balaban J connectivity index is 1.37.